The highest BCUT2D eigenvalue weighted by Gasteiger charge is 2.27. The van der Waals surface area contributed by atoms with Gasteiger partial charge in [-0.25, -0.2) is 0 Å². The summed E-state index contributed by atoms with van der Waals surface area (Å²) in [5, 5.41) is 3.51. The molecule has 1 unspecified atom stereocenters. The minimum atomic E-state index is 0.672. The van der Waals surface area contributed by atoms with Crippen LogP contribution in [0.25, 0.3) is 0 Å². The van der Waals surface area contributed by atoms with Crippen molar-refractivity contribution in [3.63, 3.8) is 0 Å². The summed E-state index contributed by atoms with van der Waals surface area (Å²) in [6, 6.07) is 2.31. The highest BCUT2D eigenvalue weighted by molar-refractivity contribution is 5.69. The second-order valence-electron chi connectivity index (χ2n) is 6.76. The molecule has 0 aliphatic carbocycles. The minimum absolute atomic E-state index is 0.672. The van der Waals surface area contributed by atoms with E-state index in [0.717, 1.165) is 64.6 Å². The van der Waals surface area contributed by atoms with Gasteiger partial charge in [-0.05, 0) is 62.0 Å². The van der Waals surface area contributed by atoms with Crippen LogP contribution in [0.4, 0.5) is 5.69 Å². The van der Waals surface area contributed by atoms with Crippen molar-refractivity contribution >= 4 is 5.69 Å². The van der Waals surface area contributed by atoms with E-state index in [-0.39, 0.29) is 0 Å². The third-order valence-corrected chi connectivity index (χ3v) is 5.29. The molecule has 0 bridgehead atoms. The van der Waals surface area contributed by atoms with Gasteiger partial charge in [0.05, 0.1) is 18.8 Å². The fraction of sp³-hybridized carbons (Fsp3) is 0.667. The zero-order valence-electron chi connectivity index (χ0n) is 13.5. The zero-order chi connectivity index (χ0) is 14.9. The number of hydrogen-bond donors (Lipinski definition) is 1. The Morgan fingerprint density at radius 1 is 1.27 bits per heavy atom. The molecule has 0 radical (unpaired) electrons. The first-order valence-electron chi connectivity index (χ1n) is 8.64. The van der Waals surface area contributed by atoms with Gasteiger partial charge in [-0.15, -0.1) is 0 Å². The van der Waals surface area contributed by atoms with Gasteiger partial charge in [-0.3, -0.25) is 0 Å². The average molecular weight is 302 g/mol. The number of nitrogens with one attached hydrogen (secondary N) is 1. The van der Waals surface area contributed by atoms with Gasteiger partial charge in [-0.1, -0.05) is 0 Å². The summed E-state index contributed by atoms with van der Waals surface area (Å²) in [6.07, 6.45) is 3.44. The van der Waals surface area contributed by atoms with E-state index in [9.17, 15) is 0 Å². The Kier molecular flexibility index (Phi) is 3.97. The van der Waals surface area contributed by atoms with Gasteiger partial charge in [0.1, 0.15) is 12.4 Å². The van der Waals surface area contributed by atoms with Crippen LogP contribution >= 0.6 is 0 Å². The highest BCUT2D eigenvalue weighted by Crippen LogP contribution is 2.40. The third-order valence-electron chi connectivity index (χ3n) is 5.29. The van der Waals surface area contributed by atoms with Crippen LogP contribution in [0.1, 0.15) is 23.1 Å². The zero-order valence-corrected chi connectivity index (χ0v) is 13.5. The van der Waals surface area contributed by atoms with E-state index >= 15 is 0 Å². The third kappa shape index (κ3) is 2.59. The average Bonchev–Trinajstić information content (AvgIpc) is 2.91. The van der Waals surface area contributed by atoms with Crippen molar-refractivity contribution in [3.05, 3.63) is 22.8 Å². The molecule has 4 nitrogen and oxygen atoms in total. The number of hydrogen-bond acceptors (Lipinski definition) is 4. The maximum Gasteiger partial charge on any atom is 0.143 e. The fourth-order valence-corrected chi connectivity index (χ4v) is 4.12. The van der Waals surface area contributed by atoms with E-state index in [2.05, 4.69) is 23.2 Å². The molecule has 120 valence electrons. The van der Waals surface area contributed by atoms with Crippen molar-refractivity contribution in [3.8, 4) is 5.75 Å². The monoisotopic (exact) mass is 302 g/mol. The van der Waals surface area contributed by atoms with Gasteiger partial charge in [-0.2, -0.15) is 0 Å². The predicted octanol–water partition coefficient (Wildman–Crippen LogP) is 1.92. The van der Waals surface area contributed by atoms with Gasteiger partial charge in [0.2, 0.25) is 0 Å². The van der Waals surface area contributed by atoms with Crippen molar-refractivity contribution in [2.24, 2.45) is 5.92 Å². The predicted molar refractivity (Wildman–Crippen MR) is 88.1 cm³/mol. The molecule has 0 spiro atoms. The fourth-order valence-electron chi connectivity index (χ4n) is 4.12. The molecule has 4 heteroatoms. The van der Waals surface area contributed by atoms with Crippen LogP contribution in [0.3, 0.4) is 0 Å². The lowest BCUT2D eigenvalue weighted by Crippen LogP contribution is -2.37. The van der Waals surface area contributed by atoms with Gasteiger partial charge in [0, 0.05) is 19.1 Å². The molecular formula is C18H26N2O2. The quantitative estimate of drug-likeness (QED) is 0.905. The smallest absolute Gasteiger partial charge is 0.143 e. The van der Waals surface area contributed by atoms with E-state index in [0.29, 0.717) is 5.92 Å². The van der Waals surface area contributed by atoms with Crippen LogP contribution < -0.4 is 15.0 Å². The molecule has 1 aromatic rings. The molecule has 1 N–H and O–H groups in total. The maximum absolute atomic E-state index is 6.01. The molecule has 3 aliphatic heterocycles. The number of anilines is 1. The Bertz CT molecular complexity index is 553. The summed E-state index contributed by atoms with van der Waals surface area (Å²) in [5.41, 5.74) is 5.81. The Hall–Kier alpha value is -1.26. The first-order chi connectivity index (χ1) is 10.8. The molecule has 0 aromatic heterocycles. The van der Waals surface area contributed by atoms with Crippen molar-refractivity contribution in [2.75, 3.05) is 50.9 Å². The Labute approximate surface area is 132 Å². The first kappa shape index (κ1) is 14.3. The first-order valence-corrected chi connectivity index (χ1v) is 8.64. The molecule has 1 aromatic carbocycles. The maximum atomic E-state index is 6.01. The number of ether oxygens (including phenoxy) is 2. The van der Waals surface area contributed by atoms with Crippen LogP contribution in [-0.4, -0.2) is 46.0 Å². The van der Waals surface area contributed by atoms with Gasteiger partial charge < -0.3 is 19.7 Å². The van der Waals surface area contributed by atoms with E-state index in [1.807, 2.05) is 0 Å². The molecule has 3 heterocycles. The summed E-state index contributed by atoms with van der Waals surface area (Å²) in [4.78, 5) is 2.55. The second-order valence-corrected chi connectivity index (χ2v) is 6.76. The van der Waals surface area contributed by atoms with Crippen LogP contribution in [0.2, 0.25) is 0 Å². The van der Waals surface area contributed by atoms with Crippen LogP contribution in [-0.2, 0) is 17.6 Å². The topological polar surface area (TPSA) is 33.7 Å². The van der Waals surface area contributed by atoms with E-state index < -0.39 is 0 Å². The van der Waals surface area contributed by atoms with Crippen molar-refractivity contribution in [1.82, 2.24) is 5.32 Å². The van der Waals surface area contributed by atoms with Gasteiger partial charge in [0.15, 0.2) is 0 Å². The Balaban J connectivity index is 1.68. The molecule has 1 saturated heterocycles. The highest BCUT2D eigenvalue weighted by atomic mass is 16.5. The summed E-state index contributed by atoms with van der Waals surface area (Å²) in [5.74, 6) is 1.77. The lowest BCUT2D eigenvalue weighted by molar-refractivity contribution is 0.186. The molecule has 1 fully saturated rings. The van der Waals surface area contributed by atoms with E-state index in [4.69, 9.17) is 9.47 Å². The molecule has 1 atom stereocenters. The Morgan fingerprint density at radius 2 is 2.18 bits per heavy atom. The molecular weight excluding hydrogens is 276 g/mol. The summed E-state index contributed by atoms with van der Waals surface area (Å²) in [7, 11) is 0. The number of fused-ring (bicyclic) bond motifs is 2. The van der Waals surface area contributed by atoms with Crippen LogP contribution in [0.5, 0.6) is 5.75 Å². The normalized spacial score (nSPS) is 24.4. The lowest BCUT2D eigenvalue weighted by Gasteiger charge is -2.35. The van der Waals surface area contributed by atoms with Crippen molar-refractivity contribution in [2.45, 2.75) is 26.2 Å². The van der Waals surface area contributed by atoms with Crippen LogP contribution in [0, 0.1) is 12.8 Å². The molecule has 0 amide bonds. The van der Waals surface area contributed by atoms with E-state index in [1.54, 1.807) is 5.56 Å². The van der Waals surface area contributed by atoms with Gasteiger partial charge in [0.25, 0.3) is 0 Å². The molecule has 0 saturated carbocycles. The summed E-state index contributed by atoms with van der Waals surface area (Å²) >= 11 is 0. The minimum Gasteiger partial charge on any atom is -0.490 e. The number of nitrogens with zero attached hydrogens (tertiary/aromatic N) is 1. The van der Waals surface area contributed by atoms with Crippen LogP contribution in [0.15, 0.2) is 6.07 Å². The SMILES string of the molecule is Cc1c2c(cc3c1N(CC1CCOC1)CCO3)CCNCC2. The summed E-state index contributed by atoms with van der Waals surface area (Å²) < 4.78 is 11.6. The molecule has 22 heavy (non-hydrogen) atoms. The number of rotatable bonds is 2. The van der Waals surface area contributed by atoms with Gasteiger partial charge >= 0.3 is 0 Å². The molecule has 3 aliphatic rings. The number of benzene rings is 1. The van der Waals surface area contributed by atoms with Crippen molar-refractivity contribution < 1.29 is 9.47 Å². The van der Waals surface area contributed by atoms with E-state index in [1.165, 1.54) is 23.2 Å². The standard InChI is InChI=1S/C18H26N2O2/c1-13-16-3-6-19-5-2-15(16)10-17-18(13)20(7-9-22-17)11-14-4-8-21-12-14/h10,14,19H,2-9,11-12H2,1H3. The largest absolute Gasteiger partial charge is 0.490 e. The second kappa shape index (κ2) is 6.09. The Morgan fingerprint density at radius 3 is 3.05 bits per heavy atom. The summed E-state index contributed by atoms with van der Waals surface area (Å²) in [6.45, 7) is 9.21. The van der Waals surface area contributed by atoms with Crippen molar-refractivity contribution in [1.29, 1.82) is 0 Å². The molecule has 4 rings (SSSR count). The lowest BCUT2D eigenvalue weighted by atomic mass is 9.94.